The van der Waals surface area contributed by atoms with E-state index in [4.69, 9.17) is 27.2 Å². The summed E-state index contributed by atoms with van der Waals surface area (Å²) < 4.78 is 6.39. The van der Waals surface area contributed by atoms with Gasteiger partial charge in [-0.1, -0.05) is 60.8 Å². The largest absolute Gasteiger partial charge is 0.477 e. The Kier molecular flexibility index (Phi) is 12.7. The molecular weight excluding hydrogens is 636 g/mol. The van der Waals surface area contributed by atoms with Gasteiger partial charge in [0.05, 0.1) is 5.54 Å². The van der Waals surface area contributed by atoms with Gasteiger partial charge in [0, 0.05) is 42.4 Å². The van der Waals surface area contributed by atoms with Gasteiger partial charge in [0.25, 0.3) is 0 Å². The van der Waals surface area contributed by atoms with Crippen molar-refractivity contribution in [2.45, 2.75) is 69.4 Å². The third kappa shape index (κ3) is 10.2. The number of fused-ring (bicyclic) bond motifs is 1. The molecule has 9 nitrogen and oxygen atoms in total. The average Bonchev–Trinajstić information content (AvgIpc) is 3.72. The minimum Gasteiger partial charge on any atom is -0.477 e. The highest BCUT2D eigenvalue weighted by Gasteiger charge is 2.39. The number of nitrogens with two attached hydrogens (primary N) is 1. The van der Waals surface area contributed by atoms with E-state index in [0.29, 0.717) is 41.6 Å². The molecular formula is C36H47ClN4O5S. The van der Waals surface area contributed by atoms with Crippen molar-refractivity contribution in [2.24, 2.45) is 17.6 Å². The van der Waals surface area contributed by atoms with Crippen molar-refractivity contribution in [2.75, 3.05) is 39.4 Å². The van der Waals surface area contributed by atoms with Crippen molar-refractivity contribution in [1.82, 2.24) is 15.5 Å². The fourth-order valence-electron chi connectivity index (χ4n) is 6.74. The molecule has 6 rings (SSSR count). The van der Waals surface area contributed by atoms with Gasteiger partial charge >= 0.3 is 5.97 Å². The molecule has 1 atom stereocenters. The van der Waals surface area contributed by atoms with E-state index in [-0.39, 0.29) is 11.8 Å². The molecule has 1 aromatic heterocycles. The fraction of sp³-hybridized carbons (Fsp3) is 0.528. The smallest absolute Gasteiger partial charge is 0.345 e. The van der Waals surface area contributed by atoms with E-state index in [1.54, 1.807) is 18.2 Å². The van der Waals surface area contributed by atoms with Crippen molar-refractivity contribution in [3.05, 3.63) is 70.1 Å². The maximum Gasteiger partial charge on any atom is 0.345 e. The summed E-state index contributed by atoms with van der Waals surface area (Å²) in [6.45, 7) is 5.83. The van der Waals surface area contributed by atoms with Gasteiger partial charge < -0.3 is 31.1 Å². The number of benzene rings is 2. The number of rotatable bonds is 10. The van der Waals surface area contributed by atoms with Crippen LogP contribution in [-0.4, -0.2) is 78.8 Å². The Morgan fingerprint density at radius 1 is 1.00 bits per heavy atom. The first-order valence-electron chi connectivity index (χ1n) is 16.8. The van der Waals surface area contributed by atoms with Gasteiger partial charge in [-0.3, -0.25) is 9.59 Å². The lowest BCUT2D eigenvalue weighted by molar-refractivity contribution is -0.132. The lowest BCUT2D eigenvalue weighted by atomic mass is 9.93. The van der Waals surface area contributed by atoms with Gasteiger partial charge in [0.2, 0.25) is 11.8 Å². The third-order valence-corrected chi connectivity index (χ3v) is 11.0. The van der Waals surface area contributed by atoms with E-state index < -0.39 is 17.6 Å². The SMILES string of the molecule is NC1(C(=O)N[C@H](Cc2ccccc2)C(=O)NCC2CCN(CC3CCOCC3)CC2)CCCC1.O=C(O)c1cc2ccc(Cl)cc2s1. The summed E-state index contributed by atoms with van der Waals surface area (Å²) in [7, 11) is 0. The number of ether oxygens (including phenoxy) is 1. The van der Waals surface area contributed by atoms with Crippen LogP contribution in [0.5, 0.6) is 0 Å². The second kappa shape index (κ2) is 16.9. The summed E-state index contributed by atoms with van der Waals surface area (Å²) in [6, 6.07) is 16.3. The molecule has 0 radical (unpaired) electrons. The summed E-state index contributed by atoms with van der Waals surface area (Å²) in [5.74, 6) is 0.0555. The molecule has 3 fully saturated rings. The minimum absolute atomic E-state index is 0.108. The quantitative estimate of drug-likeness (QED) is 0.222. The van der Waals surface area contributed by atoms with Crippen LogP contribution in [0, 0.1) is 11.8 Å². The van der Waals surface area contributed by atoms with Crippen LogP contribution in [0.25, 0.3) is 10.1 Å². The second-order valence-corrected chi connectivity index (χ2v) is 14.7. The average molecular weight is 683 g/mol. The van der Waals surface area contributed by atoms with Gasteiger partial charge in [0.1, 0.15) is 10.9 Å². The predicted molar refractivity (Wildman–Crippen MR) is 187 cm³/mol. The first-order valence-corrected chi connectivity index (χ1v) is 18.0. The molecule has 3 aromatic rings. The van der Waals surface area contributed by atoms with Gasteiger partial charge in [-0.05, 0) is 92.6 Å². The van der Waals surface area contributed by atoms with E-state index in [9.17, 15) is 14.4 Å². The van der Waals surface area contributed by atoms with Crippen molar-refractivity contribution in [1.29, 1.82) is 0 Å². The maximum atomic E-state index is 13.2. The van der Waals surface area contributed by atoms with Gasteiger partial charge in [-0.15, -0.1) is 11.3 Å². The number of amides is 2. The third-order valence-electron chi connectivity index (χ3n) is 9.67. The first kappa shape index (κ1) is 35.3. The molecule has 0 unspecified atom stereocenters. The Balaban J connectivity index is 0.000000277. The Bertz CT molecular complexity index is 1480. The summed E-state index contributed by atoms with van der Waals surface area (Å²) in [6.07, 6.45) is 8.33. The number of aromatic carboxylic acids is 1. The molecule has 3 heterocycles. The molecule has 2 saturated heterocycles. The van der Waals surface area contributed by atoms with Crippen LogP contribution in [0.1, 0.15) is 66.6 Å². The number of nitrogens with zero attached hydrogens (tertiary/aromatic N) is 1. The van der Waals surface area contributed by atoms with E-state index >= 15 is 0 Å². The van der Waals surface area contributed by atoms with E-state index in [0.717, 1.165) is 73.6 Å². The second-order valence-electron chi connectivity index (χ2n) is 13.2. The van der Waals surface area contributed by atoms with Crippen molar-refractivity contribution in [3.8, 4) is 0 Å². The summed E-state index contributed by atoms with van der Waals surface area (Å²) >= 11 is 7.00. The zero-order valence-corrected chi connectivity index (χ0v) is 28.5. The number of piperidine rings is 1. The molecule has 2 aliphatic heterocycles. The number of carbonyl (C=O) groups is 3. The molecule has 0 spiro atoms. The zero-order chi connectivity index (χ0) is 33.2. The fourth-order valence-corrected chi connectivity index (χ4v) is 7.92. The maximum absolute atomic E-state index is 13.2. The number of thiophene rings is 1. The lowest BCUT2D eigenvalue weighted by Crippen LogP contribution is -2.58. The Morgan fingerprint density at radius 2 is 1.70 bits per heavy atom. The molecule has 254 valence electrons. The molecule has 1 saturated carbocycles. The van der Waals surface area contributed by atoms with Crippen LogP contribution in [0.3, 0.4) is 0 Å². The number of carbonyl (C=O) groups excluding carboxylic acids is 2. The minimum atomic E-state index is -0.891. The molecule has 47 heavy (non-hydrogen) atoms. The van der Waals surface area contributed by atoms with Crippen LogP contribution in [0.2, 0.25) is 5.02 Å². The van der Waals surface area contributed by atoms with Gasteiger partial charge in [-0.25, -0.2) is 4.79 Å². The van der Waals surface area contributed by atoms with Gasteiger partial charge in [-0.2, -0.15) is 0 Å². The van der Waals surface area contributed by atoms with Crippen LogP contribution in [-0.2, 0) is 20.7 Å². The number of hydrogen-bond acceptors (Lipinski definition) is 7. The summed E-state index contributed by atoms with van der Waals surface area (Å²) in [5.41, 5.74) is 6.55. The normalized spacial score (nSPS) is 19.4. The van der Waals surface area contributed by atoms with Crippen LogP contribution in [0.4, 0.5) is 0 Å². The molecule has 11 heteroatoms. The topological polar surface area (TPSA) is 134 Å². The standard InChI is InChI=1S/C27H42N4O3.C9H5ClO2S/c28-27(12-4-5-13-27)26(33)30-24(18-21-6-2-1-3-7-21)25(32)29-19-22-8-14-31(15-9-22)20-23-10-16-34-17-11-23;10-6-2-1-5-3-8(9(11)12)13-7(5)4-6/h1-3,6-7,22-24H,4-5,8-20,28H2,(H,29,32)(H,30,33);1-4H,(H,11,12)/t24-;/m1./s1. The summed E-state index contributed by atoms with van der Waals surface area (Å²) in [4.78, 5) is 39.7. The van der Waals surface area contributed by atoms with Crippen molar-refractivity contribution >= 4 is 50.8 Å². The predicted octanol–water partition coefficient (Wildman–Crippen LogP) is 5.49. The van der Waals surface area contributed by atoms with Crippen molar-refractivity contribution < 1.29 is 24.2 Å². The van der Waals surface area contributed by atoms with E-state index in [1.165, 1.54) is 30.7 Å². The number of carboxylic acid groups (broad SMARTS) is 1. The highest BCUT2D eigenvalue weighted by Crippen LogP contribution is 2.29. The van der Waals surface area contributed by atoms with E-state index in [2.05, 4.69) is 15.5 Å². The lowest BCUT2D eigenvalue weighted by Gasteiger charge is -2.35. The van der Waals surface area contributed by atoms with Crippen LogP contribution >= 0.6 is 22.9 Å². The van der Waals surface area contributed by atoms with Crippen LogP contribution < -0.4 is 16.4 Å². The number of carboxylic acids is 1. The number of halogens is 1. The first-order chi connectivity index (χ1) is 22.7. The monoisotopic (exact) mass is 682 g/mol. The molecule has 2 amide bonds. The van der Waals surface area contributed by atoms with Gasteiger partial charge in [0.15, 0.2) is 0 Å². The Hall–Kier alpha value is -3.02. The van der Waals surface area contributed by atoms with Crippen LogP contribution in [0.15, 0.2) is 54.6 Å². The highest BCUT2D eigenvalue weighted by molar-refractivity contribution is 7.20. The molecule has 5 N–H and O–H groups in total. The number of likely N-dealkylation sites (tertiary alicyclic amines) is 1. The number of nitrogens with one attached hydrogen (secondary N) is 2. The zero-order valence-electron chi connectivity index (χ0n) is 26.9. The Morgan fingerprint density at radius 3 is 2.38 bits per heavy atom. The summed E-state index contributed by atoms with van der Waals surface area (Å²) in [5, 5.41) is 16.4. The Labute approximate surface area is 286 Å². The van der Waals surface area contributed by atoms with E-state index in [1.807, 2.05) is 36.4 Å². The molecule has 1 aliphatic carbocycles. The molecule has 2 aromatic carbocycles. The molecule has 0 bridgehead atoms. The van der Waals surface area contributed by atoms with Crippen molar-refractivity contribution in [3.63, 3.8) is 0 Å². The highest BCUT2D eigenvalue weighted by atomic mass is 35.5. The molecule has 3 aliphatic rings. The number of hydrogen-bond donors (Lipinski definition) is 4.